The average Bonchev–Trinajstić information content (AvgIpc) is 3.47. The SMILES string of the molecule is COC(=O)c1ccc2c(c1)OCCCOc1c(cnn1C)-c1cc3c(nn(COCC[Si](C)(C)C)c3cn1)/C=C/2. The molecule has 0 saturated heterocycles. The van der Waals surface area contributed by atoms with Gasteiger partial charge in [-0.1, -0.05) is 25.7 Å². The van der Waals surface area contributed by atoms with Crippen LogP contribution in [0.1, 0.15) is 28.0 Å². The molecule has 210 valence electrons. The Kier molecular flexibility index (Phi) is 8.04. The van der Waals surface area contributed by atoms with Gasteiger partial charge in [0.2, 0.25) is 5.88 Å². The monoisotopic (exact) mass is 561 g/mol. The van der Waals surface area contributed by atoms with E-state index in [0.717, 1.165) is 39.5 Å². The fraction of sp³-hybridized carbons (Fsp3) is 0.379. The number of carbonyl (C=O) groups excluding carboxylic acids is 1. The van der Waals surface area contributed by atoms with Gasteiger partial charge in [-0.3, -0.25) is 4.98 Å². The van der Waals surface area contributed by atoms with Gasteiger partial charge in [-0.2, -0.15) is 10.2 Å². The van der Waals surface area contributed by atoms with Gasteiger partial charge in [0.05, 0.1) is 60.7 Å². The molecule has 40 heavy (non-hydrogen) atoms. The highest BCUT2D eigenvalue weighted by atomic mass is 28.3. The zero-order valence-corrected chi connectivity index (χ0v) is 24.6. The van der Waals surface area contributed by atoms with Crippen molar-refractivity contribution in [3.05, 3.63) is 53.5 Å². The van der Waals surface area contributed by atoms with Gasteiger partial charge in [0.15, 0.2) is 0 Å². The van der Waals surface area contributed by atoms with Crippen molar-refractivity contribution in [1.82, 2.24) is 24.5 Å². The molecular formula is C29H35N5O5Si. The molecule has 0 N–H and O–H groups in total. The molecule has 10 nitrogen and oxygen atoms in total. The number of carbonyl (C=O) groups is 1. The number of rotatable bonds is 6. The summed E-state index contributed by atoms with van der Waals surface area (Å²) in [7, 11) is 2.00. The first-order valence-electron chi connectivity index (χ1n) is 13.4. The van der Waals surface area contributed by atoms with E-state index in [-0.39, 0.29) is 0 Å². The Morgan fingerprint density at radius 1 is 1.10 bits per heavy atom. The lowest BCUT2D eigenvalue weighted by Gasteiger charge is -2.15. The molecule has 3 aromatic heterocycles. The highest BCUT2D eigenvalue weighted by Gasteiger charge is 2.18. The van der Waals surface area contributed by atoms with Crippen LogP contribution in [0.5, 0.6) is 11.6 Å². The molecule has 0 unspecified atom stereocenters. The van der Waals surface area contributed by atoms with Crippen molar-refractivity contribution in [3.63, 3.8) is 0 Å². The number of ether oxygens (including phenoxy) is 4. The van der Waals surface area contributed by atoms with Crippen LogP contribution in [-0.4, -0.2) is 65.5 Å². The molecule has 1 aliphatic heterocycles. The molecule has 11 heteroatoms. The van der Waals surface area contributed by atoms with E-state index in [4.69, 9.17) is 29.0 Å². The van der Waals surface area contributed by atoms with Crippen LogP contribution in [0.3, 0.4) is 0 Å². The molecule has 0 aliphatic carbocycles. The molecule has 0 radical (unpaired) electrons. The predicted molar refractivity (Wildman–Crippen MR) is 156 cm³/mol. The number of aryl methyl sites for hydroxylation is 1. The highest BCUT2D eigenvalue weighted by Crippen LogP contribution is 2.32. The second-order valence-electron chi connectivity index (χ2n) is 10.9. The Morgan fingerprint density at radius 3 is 2.73 bits per heavy atom. The molecule has 2 bridgehead atoms. The molecule has 0 amide bonds. The van der Waals surface area contributed by atoms with E-state index in [1.807, 2.05) is 42.2 Å². The second kappa shape index (κ2) is 11.6. The van der Waals surface area contributed by atoms with Gasteiger partial charge >= 0.3 is 5.97 Å². The first-order valence-corrected chi connectivity index (χ1v) is 17.1. The van der Waals surface area contributed by atoms with E-state index in [1.165, 1.54) is 7.11 Å². The minimum absolute atomic E-state index is 0.333. The van der Waals surface area contributed by atoms with E-state index in [9.17, 15) is 4.79 Å². The van der Waals surface area contributed by atoms with E-state index in [0.29, 0.717) is 50.2 Å². The summed E-state index contributed by atoms with van der Waals surface area (Å²) < 4.78 is 26.7. The summed E-state index contributed by atoms with van der Waals surface area (Å²) in [6, 6.07) is 8.37. The molecule has 1 aliphatic rings. The van der Waals surface area contributed by atoms with Gasteiger partial charge in [-0.25, -0.2) is 14.2 Å². The van der Waals surface area contributed by atoms with Crippen molar-refractivity contribution in [3.8, 4) is 22.9 Å². The van der Waals surface area contributed by atoms with Crippen LogP contribution in [0.15, 0.2) is 36.7 Å². The first-order chi connectivity index (χ1) is 19.2. The largest absolute Gasteiger partial charge is 0.493 e. The lowest BCUT2D eigenvalue weighted by atomic mass is 10.1. The van der Waals surface area contributed by atoms with Crippen molar-refractivity contribution < 1.29 is 23.7 Å². The Morgan fingerprint density at radius 2 is 1.93 bits per heavy atom. The minimum atomic E-state index is -1.21. The standard InChI is InChI=1S/C29H35N5O5Si/c1-33-28-23(17-31-33)25-16-22-24(32-34(26(22)18-30-25)19-37-13-14-40(3,4)5)10-9-20-7-8-21(29(35)36-2)15-27(20)38-11-6-12-39-28/h7-10,15-18H,6,11-14,19H2,1-5H3/b10-9+. The number of fused-ring (bicyclic) bond motifs is 4. The number of benzene rings is 1. The molecule has 0 atom stereocenters. The maximum absolute atomic E-state index is 12.2. The number of methoxy groups -OCH3 is 1. The van der Waals surface area contributed by atoms with E-state index >= 15 is 0 Å². The highest BCUT2D eigenvalue weighted by molar-refractivity contribution is 6.76. The Bertz CT molecular complexity index is 1550. The van der Waals surface area contributed by atoms with Gasteiger partial charge in [0.25, 0.3) is 0 Å². The lowest BCUT2D eigenvalue weighted by Crippen LogP contribution is -2.22. The molecular weight excluding hydrogens is 526 g/mol. The third-order valence-electron chi connectivity index (χ3n) is 6.68. The van der Waals surface area contributed by atoms with Crippen LogP contribution in [0.2, 0.25) is 25.7 Å². The number of nitrogens with zero attached hydrogens (tertiary/aromatic N) is 5. The number of hydrogen-bond donors (Lipinski definition) is 0. The Labute approximate surface area is 234 Å². The Balaban J connectivity index is 1.57. The average molecular weight is 562 g/mol. The summed E-state index contributed by atoms with van der Waals surface area (Å²) in [6.07, 6.45) is 8.12. The minimum Gasteiger partial charge on any atom is -0.493 e. The van der Waals surface area contributed by atoms with Crippen molar-refractivity contribution in [2.45, 2.75) is 38.8 Å². The fourth-order valence-corrected chi connectivity index (χ4v) is 5.15. The number of hydrogen-bond acceptors (Lipinski definition) is 8. The molecule has 0 fully saturated rings. The van der Waals surface area contributed by atoms with E-state index < -0.39 is 14.0 Å². The van der Waals surface area contributed by atoms with Crippen molar-refractivity contribution in [2.24, 2.45) is 7.05 Å². The van der Waals surface area contributed by atoms with Crippen molar-refractivity contribution in [1.29, 1.82) is 0 Å². The van der Waals surface area contributed by atoms with Gasteiger partial charge in [-0.05, 0) is 36.4 Å². The fourth-order valence-electron chi connectivity index (χ4n) is 4.39. The Hall–Kier alpha value is -3.96. The maximum atomic E-state index is 12.2. The topological polar surface area (TPSA) is 103 Å². The number of pyridine rings is 1. The maximum Gasteiger partial charge on any atom is 0.337 e. The van der Waals surface area contributed by atoms with Gasteiger partial charge in [0.1, 0.15) is 12.5 Å². The summed E-state index contributed by atoms with van der Waals surface area (Å²) in [5, 5.41) is 10.2. The summed E-state index contributed by atoms with van der Waals surface area (Å²) in [6.45, 7) is 8.85. The van der Waals surface area contributed by atoms with Crippen LogP contribution in [-0.2, 0) is 23.3 Å². The van der Waals surface area contributed by atoms with E-state index in [1.54, 1.807) is 23.0 Å². The van der Waals surface area contributed by atoms with E-state index in [2.05, 4.69) is 24.7 Å². The predicted octanol–water partition coefficient (Wildman–Crippen LogP) is 5.26. The smallest absolute Gasteiger partial charge is 0.337 e. The molecule has 0 spiro atoms. The molecule has 0 saturated carbocycles. The number of aromatic nitrogens is 5. The third-order valence-corrected chi connectivity index (χ3v) is 8.38. The van der Waals surface area contributed by atoms with Crippen LogP contribution in [0.25, 0.3) is 34.3 Å². The molecule has 4 aromatic rings. The van der Waals surface area contributed by atoms with Crippen LogP contribution >= 0.6 is 0 Å². The molecule has 1 aromatic carbocycles. The normalized spacial score (nSPS) is 14.4. The quantitative estimate of drug-likeness (QED) is 0.178. The summed E-state index contributed by atoms with van der Waals surface area (Å²) >= 11 is 0. The summed E-state index contributed by atoms with van der Waals surface area (Å²) in [4.78, 5) is 16.9. The van der Waals surface area contributed by atoms with Crippen molar-refractivity contribution in [2.75, 3.05) is 26.9 Å². The lowest BCUT2D eigenvalue weighted by molar-refractivity contribution is 0.0600. The van der Waals surface area contributed by atoms with Crippen LogP contribution in [0, 0.1) is 0 Å². The van der Waals surface area contributed by atoms with Crippen molar-refractivity contribution >= 4 is 37.1 Å². The first kappa shape index (κ1) is 27.6. The number of esters is 1. The van der Waals surface area contributed by atoms with Gasteiger partial charge in [-0.15, -0.1) is 0 Å². The molecule has 4 heterocycles. The summed E-state index contributed by atoms with van der Waals surface area (Å²) in [5.41, 5.74) is 4.42. The van der Waals surface area contributed by atoms with Gasteiger partial charge < -0.3 is 18.9 Å². The summed E-state index contributed by atoms with van der Waals surface area (Å²) in [5.74, 6) is 0.794. The van der Waals surface area contributed by atoms with Gasteiger partial charge in [0, 0.05) is 39.1 Å². The zero-order chi connectivity index (χ0) is 28.3. The third kappa shape index (κ3) is 6.10. The van der Waals surface area contributed by atoms with Crippen LogP contribution in [0.4, 0.5) is 0 Å². The zero-order valence-electron chi connectivity index (χ0n) is 23.6. The van der Waals surface area contributed by atoms with Crippen LogP contribution < -0.4 is 9.47 Å². The molecule has 5 rings (SSSR count). The second-order valence-corrected chi connectivity index (χ2v) is 16.6.